The van der Waals surface area contributed by atoms with Crippen molar-refractivity contribution in [3.63, 3.8) is 0 Å². The number of rotatable bonds is 11. The van der Waals surface area contributed by atoms with Crippen LogP contribution >= 0.6 is 0 Å². The molecule has 3 aromatic carbocycles. The van der Waals surface area contributed by atoms with E-state index in [0.29, 0.717) is 33.0 Å². The summed E-state index contributed by atoms with van der Waals surface area (Å²) in [6.07, 6.45) is -0.658. The molecule has 184 valence electrons. The molecule has 0 aliphatic carbocycles. The van der Waals surface area contributed by atoms with Crippen molar-refractivity contribution in [3.8, 4) is 0 Å². The lowest BCUT2D eigenvalue weighted by Crippen LogP contribution is -2.66. The van der Waals surface area contributed by atoms with Crippen LogP contribution in [0.5, 0.6) is 0 Å². The van der Waals surface area contributed by atoms with Gasteiger partial charge in [-0.1, -0.05) is 91.0 Å². The molecule has 0 radical (unpaired) electrons. The molecular weight excluding hydrogens is 440 g/mol. The van der Waals surface area contributed by atoms with E-state index >= 15 is 0 Å². The Labute approximate surface area is 207 Å². The summed E-state index contributed by atoms with van der Waals surface area (Å²) in [5.41, 5.74) is 3.28. The second kappa shape index (κ2) is 13.2. The maximum Gasteiger partial charge on any atom is 0.217 e. The molecule has 0 aromatic heterocycles. The molecule has 0 bridgehead atoms. The summed E-state index contributed by atoms with van der Waals surface area (Å²) < 4.78 is 19.0. The van der Waals surface area contributed by atoms with Gasteiger partial charge in [-0.2, -0.15) is 0 Å². The summed E-state index contributed by atoms with van der Waals surface area (Å²) in [5.74, 6) is -0.0919. The fraction of sp³-hybridized carbons (Fsp3) is 0.345. The summed E-state index contributed by atoms with van der Waals surface area (Å²) in [6, 6.07) is 29.9. The molecule has 4 atom stereocenters. The maximum atomic E-state index is 12.0. The number of hydrogen-bond acceptors (Lipinski definition) is 5. The Bertz CT molecular complexity index is 1020. The van der Waals surface area contributed by atoms with E-state index in [-0.39, 0.29) is 30.2 Å². The van der Waals surface area contributed by atoms with Crippen molar-refractivity contribution in [1.82, 2.24) is 10.6 Å². The Morgan fingerprint density at radius 1 is 0.771 bits per heavy atom. The number of carbonyl (C=O) groups excluding carboxylic acids is 1. The normalized spacial score (nSPS) is 22.0. The highest BCUT2D eigenvalue weighted by Gasteiger charge is 2.41. The van der Waals surface area contributed by atoms with Gasteiger partial charge in [-0.15, -0.1) is 0 Å². The van der Waals surface area contributed by atoms with Crippen LogP contribution in [0.2, 0.25) is 0 Å². The van der Waals surface area contributed by atoms with Crippen molar-refractivity contribution >= 4 is 5.91 Å². The number of amides is 1. The summed E-state index contributed by atoms with van der Waals surface area (Å²) in [7, 11) is 0. The number of carbonyl (C=O) groups is 1. The quantitative estimate of drug-likeness (QED) is 0.442. The minimum Gasteiger partial charge on any atom is -0.375 e. The molecule has 0 saturated carbocycles. The molecule has 2 N–H and O–H groups in total. The topological polar surface area (TPSA) is 68.8 Å². The SMILES string of the molecule is CC(=O)NC1CNC(COCc2ccccc2)C(OCc2ccccc2)C1OCc1ccccc1. The van der Waals surface area contributed by atoms with Crippen molar-refractivity contribution in [2.24, 2.45) is 0 Å². The lowest BCUT2D eigenvalue weighted by atomic mass is 9.93. The van der Waals surface area contributed by atoms with Gasteiger partial charge in [-0.25, -0.2) is 0 Å². The van der Waals surface area contributed by atoms with Crippen molar-refractivity contribution < 1.29 is 19.0 Å². The largest absolute Gasteiger partial charge is 0.375 e. The molecule has 3 aromatic rings. The average Bonchev–Trinajstić information content (AvgIpc) is 2.89. The van der Waals surface area contributed by atoms with Crippen LogP contribution in [0.3, 0.4) is 0 Å². The van der Waals surface area contributed by atoms with Crippen LogP contribution < -0.4 is 10.6 Å². The highest BCUT2D eigenvalue weighted by atomic mass is 16.5. The van der Waals surface area contributed by atoms with E-state index in [1.165, 1.54) is 6.92 Å². The van der Waals surface area contributed by atoms with Crippen LogP contribution in [0, 0.1) is 0 Å². The van der Waals surface area contributed by atoms with E-state index in [1.807, 2.05) is 78.9 Å². The summed E-state index contributed by atoms with van der Waals surface area (Å²) in [6.45, 7) is 3.97. The van der Waals surface area contributed by atoms with Gasteiger partial charge in [0.05, 0.1) is 38.5 Å². The molecule has 1 aliphatic heterocycles. The standard InChI is InChI=1S/C29H34N2O4/c1-22(32)31-26-17-30-27(21-33-18-23-11-5-2-6-12-23)29(35-20-25-15-9-4-10-16-25)28(26)34-19-24-13-7-3-8-14-24/h2-16,26-30H,17-21H2,1H3,(H,31,32). The van der Waals surface area contributed by atoms with Crippen LogP contribution in [0.1, 0.15) is 23.6 Å². The lowest BCUT2D eigenvalue weighted by molar-refractivity contribution is -0.142. The second-order valence-electron chi connectivity index (χ2n) is 8.84. The van der Waals surface area contributed by atoms with Gasteiger partial charge in [0.25, 0.3) is 0 Å². The summed E-state index contributed by atoms with van der Waals surface area (Å²) >= 11 is 0. The molecule has 35 heavy (non-hydrogen) atoms. The number of hydrogen-bond donors (Lipinski definition) is 2. The molecule has 1 heterocycles. The van der Waals surface area contributed by atoms with Gasteiger partial charge in [0, 0.05) is 13.5 Å². The smallest absolute Gasteiger partial charge is 0.217 e. The molecule has 1 amide bonds. The summed E-state index contributed by atoms with van der Waals surface area (Å²) in [5, 5.41) is 6.58. The first-order chi connectivity index (χ1) is 17.2. The fourth-order valence-electron chi connectivity index (χ4n) is 4.35. The van der Waals surface area contributed by atoms with Crippen LogP contribution in [-0.2, 0) is 38.8 Å². The Morgan fingerprint density at radius 3 is 1.77 bits per heavy atom. The third kappa shape index (κ3) is 7.73. The number of nitrogens with one attached hydrogen (secondary N) is 2. The van der Waals surface area contributed by atoms with E-state index in [4.69, 9.17) is 14.2 Å². The first-order valence-electron chi connectivity index (χ1n) is 12.1. The first-order valence-corrected chi connectivity index (χ1v) is 12.1. The molecule has 1 saturated heterocycles. The van der Waals surface area contributed by atoms with E-state index < -0.39 is 0 Å². The molecule has 1 aliphatic rings. The predicted molar refractivity (Wildman–Crippen MR) is 136 cm³/mol. The summed E-state index contributed by atoms with van der Waals surface area (Å²) in [4.78, 5) is 12.0. The number of ether oxygens (including phenoxy) is 3. The van der Waals surface area contributed by atoms with E-state index in [1.54, 1.807) is 0 Å². The molecule has 4 unspecified atom stereocenters. The Hall–Kier alpha value is -3.03. The number of benzene rings is 3. The monoisotopic (exact) mass is 474 g/mol. The molecule has 4 rings (SSSR count). The number of piperidine rings is 1. The van der Waals surface area contributed by atoms with Crippen LogP contribution in [0.15, 0.2) is 91.0 Å². The van der Waals surface area contributed by atoms with Gasteiger partial charge in [0.15, 0.2) is 0 Å². The van der Waals surface area contributed by atoms with Crippen molar-refractivity contribution in [1.29, 1.82) is 0 Å². The van der Waals surface area contributed by atoms with Gasteiger partial charge in [0.2, 0.25) is 5.91 Å². The average molecular weight is 475 g/mol. The second-order valence-corrected chi connectivity index (χ2v) is 8.84. The third-order valence-electron chi connectivity index (χ3n) is 6.09. The Balaban J connectivity index is 1.49. The highest BCUT2D eigenvalue weighted by Crippen LogP contribution is 2.22. The van der Waals surface area contributed by atoms with Crippen LogP contribution in [0.4, 0.5) is 0 Å². The minimum atomic E-state index is -0.339. The Morgan fingerprint density at radius 2 is 1.26 bits per heavy atom. The van der Waals surface area contributed by atoms with Crippen molar-refractivity contribution in [2.75, 3.05) is 13.2 Å². The van der Waals surface area contributed by atoms with Crippen molar-refractivity contribution in [2.45, 2.75) is 51.0 Å². The fourth-order valence-corrected chi connectivity index (χ4v) is 4.35. The van der Waals surface area contributed by atoms with E-state index in [9.17, 15) is 4.79 Å². The highest BCUT2D eigenvalue weighted by molar-refractivity contribution is 5.73. The zero-order chi connectivity index (χ0) is 24.3. The van der Waals surface area contributed by atoms with Gasteiger partial charge in [0.1, 0.15) is 12.2 Å². The molecule has 0 spiro atoms. The third-order valence-corrected chi connectivity index (χ3v) is 6.09. The van der Waals surface area contributed by atoms with Gasteiger partial charge in [-0.05, 0) is 16.7 Å². The lowest BCUT2D eigenvalue weighted by Gasteiger charge is -2.43. The van der Waals surface area contributed by atoms with Crippen molar-refractivity contribution in [3.05, 3.63) is 108 Å². The van der Waals surface area contributed by atoms with Gasteiger partial charge < -0.3 is 24.8 Å². The molecule has 1 fully saturated rings. The molecular formula is C29H34N2O4. The van der Waals surface area contributed by atoms with Crippen LogP contribution in [0.25, 0.3) is 0 Å². The van der Waals surface area contributed by atoms with Gasteiger partial charge >= 0.3 is 0 Å². The maximum absolute atomic E-state index is 12.0. The van der Waals surface area contributed by atoms with E-state index in [2.05, 4.69) is 22.8 Å². The molecule has 6 heteroatoms. The minimum absolute atomic E-state index is 0.0896. The zero-order valence-corrected chi connectivity index (χ0v) is 20.1. The zero-order valence-electron chi connectivity index (χ0n) is 20.1. The van der Waals surface area contributed by atoms with E-state index in [0.717, 1.165) is 16.7 Å². The predicted octanol–water partition coefficient (Wildman–Crippen LogP) is 3.85. The molecule has 6 nitrogen and oxygen atoms in total. The first kappa shape index (κ1) is 25.1. The van der Waals surface area contributed by atoms with Crippen LogP contribution in [-0.4, -0.2) is 43.4 Å². The Kier molecular flexibility index (Phi) is 9.43. The van der Waals surface area contributed by atoms with Gasteiger partial charge in [-0.3, -0.25) is 4.79 Å².